The van der Waals surface area contributed by atoms with Crippen LogP contribution in [0.25, 0.3) is 0 Å². The summed E-state index contributed by atoms with van der Waals surface area (Å²) in [5.41, 5.74) is 0.828. The minimum absolute atomic E-state index is 0.143. The van der Waals surface area contributed by atoms with E-state index < -0.39 is 5.92 Å². The van der Waals surface area contributed by atoms with Gasteiger partial charge in [-0.15, -0.1) is 11.8 Å². The average Bonchev–Trinajstić information content (AvgIpc) is 2.40. The molecule has 0 heterocycles. The molecule has 0 aliphatic rings. The first-order valence-electron chi connectivity index (χ1n) is 6.04. The lowest BCUT2D eigenvalue weighted by molar-refractivity contribution is -0.120. The summed E-state index contributed by atoms with van der Waals surface area (Å²) in [5.74, 6) is 0.330. The number of thioether (sulfide) groups is 1. The minimum Gasteiger partial charge on any atom is -0.314 e. The van der Waals surface area contributed by atoms with Crippen molar-refractivity contribution in [2.24, 2.45) is 5.92 Å². The molecule has 0 saturated heterocycles. The van der Waals surface area contributed by atoms with Gasteiger partial charge in [-0.05, 0) is 36.4 Å². The lowest BCUT2D eigenvalue weighted by atomic mass is 10.1. The Balaban J connectivity index is 2.81. The number of rotatable bonds is 5. The summed E-state index contributed by atoms with van der Waals surface area (Å²) in [6, 6.07) is 9.87. The highest BCUT2D eigenvalue weighted by Crippen LogP contribution is 2.22. The largest absolute Gasteiger partial charge is 0.314 e. The Kier molecular flexibility index (Phi) is 5.73. The Bertz CT molecular complexity index is 436. The lowest BCUT2D eigenvalue weighted by Crippen LogP contribution is -2.31. The van der Waals surface area contributed by atoms with E-state index >= 15 is 0 Å². The van der Waals surface area contributed by atoms with Crippen LogP contribution in [0, 0.1) is 17.2 Å². The smallest absolute Gasteiger partial charge is 0.244 e. The van der Waals surface area contributed by atoms with Gasteiger partial charge in [0.25, 0.3) is 0 Å². The standard InChI is InChI=1S/C14H18N2OS/c1-4-11(10-15)14(17)16(3)12-6-8-13(9-7-12)18-5-2/h6-9,11H,4-5H2,1-3H3. The molecule has 0 aliphatic carbocycles. The second-order valence-corrected chi connectivity index (χ2v) is 5.25. The number of amides is 1. The first-order valence-corrected chi connectivity index (χ1v) is 7.02. The molecule has 0 aromatic heterocycles. The highest BCUT2D eigenvalue weighted by atomic mass is 32.2. The molecule has 18 heavy (non-hydrogen) atoms. The van der Waals surface area contributed by atoms with Gasteiger partial charge in [-0.25, -0.2) is 0 Å². The van der Waals surface area contributed by atoms with Gasteiger partial charge in [0, 0.05) is 17.6 Å². The molecule has 0 N–H and O–H groups in total. The van der Waals surface area contributed by atoms with Gasteiger partial charge in [0.1, 0.15) is 5.92 Å². The molecule has 0 bridgehead atoms. The summed E-state index contributed by atoms with van der Waals surface area (Å²) in [7, 11) is 1.71. The Labute approximate surface area is 113 Å². The molecule has 0 aliphatic heterocycles. The van der Waals surface area contributed by atoms with Crippen molar-refractivity contribution in [2.45, 2.75) is 25.2 Å². The molecule has 1 rings (SSSR count). The van der Waals surface area contributed by atoms with Crippen molar-refractivity contribution in [3.8, 4) is 6.07 Å². The van der Waals surface area contributed by atoms with Crippen LogP contribution in [0.1, 0.15) is 20.3 Å². The number of nitriles is 1. The van der Waals surface area contributed by atoms with Crippen LogP contribution < -0.4 is 4.90 Å². The fraction of sp³-hybridized carbons (Fsp3) is 0.429. The molecule has 1 aromatic carbocycles. The average molecular weight is 262 g/mol. The second-order valence-electron chi connectivity index (χ2n) is 3.91. The van der Waals surface area contributed by atoms with Gasteiger partial charge in [-0.1, -0.05) is 13.8 Å². The van der Waals surface area contributed by atoms with Gasteiger partial charge in [0.15, 0.2) is 0 Å². The van der Waals surface area contributed by atoms with Gasteiger partial charge in [-0.2, -0.15) is 5.26 Å². The molecule has 1 amide bonds. The van der Waals surface area contributed by atoms with Crippen molar-refractivity contribution < 1.29 is 4.79 Å². The fourth-order valence-electron chi connectivity index (χ4n) is 1.61. The molecule has 1 atom stereocenters. The maximum absolute atomic E-state index is 12.0. The summed E-state index contributed by atoms with van der Waals surface area (Å²) in [6.45, 7) is 3.95. The van der Waals surface area contributed by atoms with E-state index in [1.807, 2.05) is 37.3 Å². The maximum Gasteiger partial charge on any atom is 0.244 e. The van der Waals surface area contributed by atoms with E-state index in [1.165, 1.54) is 4.90 Å². The van der Waals surface area contributed by atoms with Crippen LogP contribution in [-0.2, 0) is 4.79 Å². The Morgan fingerprint density at radius 2 is 2.00 bits per heavy atom. The number of carbonyl (C=O) groups is 1. The topological polar surface area (TPSA) is 44.1 Å². The molecular formula is C14H18N2OS. The number of anilines is 1. The predicted octanol–water partition coefficient (Wildman–Crippen LogP) is 3.31. The van der Waals surface area contributed by atoms with Crippen LogP contribution in [-0.4, -0.2) is 18.7 Å². The Hall–Kier alpha value is -1.47. The lowest BCUT2D eigenvalue weighted by Gasteiger charge is -2.19. The SMILES string of the molecule is CCSc1ccc(N(C)C(=O)C(C#N)CC)cc1. The normalized spacial score (nSPS) is 11.7. The monoisotopic (exact) mass is 262 g/mol. The molecule has 0 fully saturated rings. The van der Waals surface area contributed by atoms with E-state index in [2.05, 4.69) is 6.92 Å². The highest BCUT2D eigenvalue weighted by molar-refractivity contribution is 7.99. The van der Waals surface area contributed by atoms with E-state index in [-0.39, 0.29) is 5.91 Å². The molecule has 0 radical (unpaired) electrons. The number of hydrogen-bond acceptors (Lipinski definition) is 3. The number of hydrogen-bond donors (Lipinski definition) is 0. The number of benzene rings is 1. The molecular weight excluding hydrogens is 244 g/mol. The molecule has 1 aromatic rings. The van der Waals surface area contributed by atoms with Crippen molar-refractivity contribution in [2.75, 3.05) is 17.7 Å². The van der Waals surface area contributed by atoms with Crippen LogP contribution >= 0.6 is 11.8 Å². The van der Waals surface area contributed by atoms with E-state index in [1.54, 1.807) is 23.7 Å². The first-order chi connectivity index (χ1) is 8.63. The van der Waals surface area contributed by atoms with Gasteiger partial charge in [0.05, 0.1) is 6.07 Å². The zero-order valence-corrected chi connectivity index (χ0v) is 11.8. The third-order valence-corrected chi connectivity index (χ3v) is 3.62. The number of carbonyl (C=O) groups excluding carboxylic acids is 1. The van der Waals surface area contributed by atoms with E-state index in [9.17, 15) is 4.79 Å². The third kappa shape index (κ3) is 3.51. The van der Waals surface area contributed by atoms with E-state index in [0.29, 0.717) is 6.42 Å². The van der Waals surface area contributed by atoms with Crippen molar-refractivity contribution in [1.29, 1.82) is 5.26 Å². The minimum atomic E-state index is -0.556. The fourth-order valence-corrected chi connectivity index (χ4v) is 2.28. The maximum atomic E-state index is 12.0. The highest BCUT2D eigenvalue weighted by Gasteiger charge is 2.20. The predicted molar refractivity (Wildman–Crippen MR) is 75.6 cm³/mol. The van der Waals surface area contributed by atoms with Crippen LogP contribution in [0.5, 0.6) is 0 Å². The first kappa shape index (κ1) is 14.6. The van der Waals surface area contributed by atoms with Crippen LogP contribution in [0.3, 0.4) is 0 Å². The number of nitrogens with zero attached hydrogens (tertiary/aromatic N) is 2. The zero-order chi connectivity index (χ0) is 13.5. The Morgan fingerprint density at radius 3 is 2.44 bits per heavy atom. The third-order valence-electron chi connectivity index (χ3n) is 2.73. The Morgan fingerprint density at radius 1 is 1.39 bits per heavy atom. The van der Waals surface area contributed by atoms with E-state index in [4.69, 9.17) is 5.26 Å². The summed E-state index contributed by atoms with van der Waals surface area (Å²) in [5, 5.41) is 8.91. The molecule has 4 heteroatoms. The van der Waals surface area contributed by atoms with Gasteiger partial charge in [0.2, 0.25) is 5.91 Å². The van der Waals surface area contributed by atoms with Crippen molar-refractivity contribution in [3.05, 3.63) is 24.3 Å². The quantitative estimate of drug-likeness (QED) is 0.765. The molecule has 3 nitrogen and oxygen atoms in total. The molecule has 96 valence electrons. The van der Waals surface area contributed by atoms with Crippen molar-refractivity contribution in [3.63, 3.8) is 0 Å². The van der Waals surface area contributed by atoms with Crippen LogP contribution in [0.4, 0.5) is 5.69 Å². The van der Waals surface area contributed by atoms with Crippen molar-refractivity contribution in [1.82, 2.24) is 0 Å². The van der Waals surface area contributed by atoms with Gasteiger partial charge in [-0.3, -0.25) is 4.79 Å². The van der Waals surface area contributed by atoms with Crippen LogP contribution in [0.2, 0.25) is 0 Å². The van der Waals surface area contributed by atoms with Gasteiger partial charge >= 0.3 is 0 Å². The summed E-state index contributed by atoms with van der Waals surface area (Å²) >= 11 is 1.76. The summed E-state index contributed by atoms with van der Waals surface area (Å²) < 4.78 is 0. The summed E-state index contributed by atoms with van der Waals surface area (Å²) in [4.78, 5) is 14.8. The van der Waals surface area contributed by atoms with Crippen molar-refractivity contribution >= 4 is 23.4 Å². The molecule has 1 unspecified atom stereocenters. The zero-order valence-electron chi connectivity index (χ0n) is 11.0. The second kappa shape index (κ2) is 7.07. The van der Waals surface area contributed by atoms with E-state index in [0.717, 1.165) is 11.4 Å². The van der Waals surface area contributed by atoms with Gasteiger partial charge < -0.3 is 4.90 Å². The summed E-state index contributed by atoms with van der Waals surface area (Å²) in [6.07, 6.45) is 0.545. The van der Waals surface area contributed by atoms with Crippen LogP contribution in [0.15, 0.2) is 29.2 Å². The molecule has 0 saturated carbocycles. The molecule has 0 spiro atoms.